The van der Waals surface area contributed by atoms with Crippen molar-refractivity contribution in [2.45, 2.75) is 5.54 Å². The second kappa shape index (κ2) is 3.18. The normalized spacial score (nSPS) is 20.1. The first-order valence-electron chi connectivity index (χ1n) is 3.87. The molecule has 13 heavy (non-hydrogen) atoms. The minimum atomic E-state index is -1.11. The predicted molar refractivity (Wildman–Crippen MR) is 46.2 cm³/mol. The van der Waals surface area contributed by atoms with Crippen LogP contribution in [-0.2, 0) is 9.59 Å². The number of hydrogen-bond donors (Lipinski definition) is 2. The summed E-state index contributed by atoms with van der Waals surface area (Å²) in [5, 5.41) is 11.3. The van der Waals surface area contributed by atoms with Crippen LogP contribution in [0.15, 0.2) is 12.7 Å². The van der Waals surface area contributed by atoms with E-state index in [0.29, 0.717) is 13.1 Å². The number of hydrogen-bond acceptors (Lipinski definition) is 3. The molecule has 1 aliphatic rings. The molecule has 0 radical (unpaired) electrons. The first kappa shape index (κ1) is 9.73. The van der Waals surface area contributed by atoms with Crippen LogP contribution in [0.4, 0.5) is 0 Å². The molecule has 2 N–H and O–H groups in total. The third-order valence-electron chi connectivity index (χ3n) is 2.04. The van der Waals surface area contributed by atoms with Crippen molar-refractivity contribution in [1.82, 2.24) is 10.2 Å². The molecule has 5 heteroatoms. The van der Waals surface area contributed by atoms with E-state index >= 15 is 0 Å². The van der Waals surface area contributed by atoms with Crippen LogP contribution in [0.3, 0.4) is 0 Å². The van der Waals surface area contributed by atoms with E-state index in [1.807, 2.05) is 4.90 Å². The van der Waals surface area contributed by atoms with Crippen molar-refractivity contribution in [3.63, 3.8) is 0 Å². The first-order valence-corrected chi connectivity index (χ1v) is 3.87. The van der Waals surface area contributed by atoms with Gasteiger partial charge in [0.2, 0.25) is 5.91 Å². The Labute approximate surface area is 76.0 Å². The molecule has 0 spiro atoms. The second-order valence-electron chi connectivity index (χ2n) is 3.25. The maximum Gasteiger partial charge on any atom is 0.332 e. The number of carboxylic acids is 1. The summed E-state index contributed by atoms with van der Waals surface area (Å²) in [4.78, 5) is 23.6. The Bertz CT molecular complexity index is 256. The molecule has 0 atom stereocenters. The molecule has 0 aliphatic carbocycles. The standard InChI is InChI=1S/C8H12N2O3/c1-3-6(11)9-8(7(12)13)4-10(2)5-8/h3H,1,4-5H2,2H3,(H,9,11)(H,12,13). The largest absolute Gasteiger partial charge is 0.479 e. The lowest BCUT2D eigenvalue weighted by molar-refractivity contribution is -0.154. The fourth-order valence-corrected chi connectivity index (χ4v) is 1.43. The van der Waals surface area contributed by atoms with E-state index in [-0.39, 0.29) is 0 Å². The molecule has 0 aromatic rings. The number of carbonyl (C=O) groups is 2. The summed E-state index contributed by atoms with van der Waals surface area (Å²) in [7, 11) is 1.79. The number of carboxylic acid groups (broad SMARTS) is 1. The molecule has 0 aromatic heterocycles. The summed E-state index contributed by atoms with van der Waals surface area (Å²) in [5.74, 6) is -1.45. The zero-order valence-corrected chi connectivity index (χ0v) is 7.41. The molecule has 1 rings (SSSR count). The molecule has 1 heterocycles. The lowest BCUT2D eigenvalue weighted by atomic mass is 9.90. The maximum atomic E-state index is 10.9. The van der Waals surface area contributed by atoms with Crippen LogP contribution in [0.1, 0.15) is 0 Å². The fourth-order valence-electron chi connectivity index (χ4n) is 1.43. The number of rotatable bonds is 3. The van der Waals surface area contributed by atoms with E-state index in [2.05, 4.69) is 11.9 Å². The van der Waals surface area contributed by atoms with Crippen molar-refractivity contribution >= 4 is 11.9 Å². The van der Waals surface area contributed by atoms with Crippen LogP contribution in [0.2, 0.25) is 0 Å². The SMILES string of the molecule is C=CC(=O)NC1(C(=O)O)CN(C)C1. The summed E-state index contributed by atoms with van der Waals surface area (Å²) in [6.07, 6.45) is 1.07. The number of likely N-dealkylation sites (N-methyl/N-ethyl adjacent to an activating group) is 1. The topological polar surface area (TPSA) is 69.6 Å². The Hall–Kier alpha value is -1.36. The minimum absolute atomic E-state index is 0.335. The molecule has 0 saturated carbocycles. The van der Waals surface area contributed by atoms with Gasteiger partial charge >= 0.3 is 5.97 Å². The lowest BCUT2D eigenvalue weighted by Crippen LogP contribution is -2.73. The highest BCUT2D eigenvalue weighted by atomic mass is 16.4. The highest BCUT2D eigenvalue weighted by Gasteiger charge is 2.48. The van der Waals surface area contributed by atoms with Gasteiger partial charge in [-0.25, -0.2) is 4.79 Å². The van der Waals surface area contributed by atoms with E-state index in [4.69, 9.17) is 5.11 Å². The lowest BCUT2D eigenvalue weighted by Gasteiger charge is -2.45. The molecular formula is C8H12N2O3. The minimum Gasteiger partial charge on any atom is -0.479 e. The van der Waals surface area contributed by atoms with Gasteiger partial charge in [0.05, 0.1) is 0 Å². The Morgan fingerprint density at radius 2 is 2.15 bits per heavy atom. The van der Waals surface area contributed by atoms with E-state index < -0.39 is 17.4 Å². The van der Waals surface area contributed by atoms with Crippen molar-refractivity contribution in [1.29, 1.82) is 0 Å². The third-order valence-corrected chi connectivity index (χ3v) is 2.04. The molecule has 72 valence electrons. The number of nitrogens with one attached hydrogen (secondary N) is 1. The third kappa shape index (κ3) is 1.70. The van der Waals surface area contributed by atoms with Gasteiger partial charge in [0.15, 0.2) is 5.54 Å². The molecule has 1 amide bonds. The zero-order chi connectivity index (χ0) is 10.1. The second-order valence-corrected chi connectivity index (χ2v) is 3.25. The average Bonchev–Trinajstić information content (AvgIpc) is 2.00. The van der Waals surface area contributed by atoms with Crippen LogP contribution in [0.5, 0.6) is 0 Å². The molecular weight excluding hydrogens is 172 g/mol. The monoisotopic (exact) mass is 184 g/mol. The number of nitrogens with zero attached hydrogens (tertiary/aromatic N) is 1. The molecule has 0 unspecified atom stereocenters. The van der Waals surface area contributed by atoms with Crippen LogP contribution in [0, 0.1) is 0 Å². The molecule has 0 aromatic carbocycles. The molecule has 1 saturated heterocycles. The summed E-state index contributed by atoms with van der Waals surface area (Å²) in [6, 6.07) is 0. The molecule has 0 bridgehead atoms. The van der Waals surface area contributed by atoms with Gasteiger partial charge in [-0.1, -0.05) is 6.58 Å². The number of aliphatic carboxylic acids is 1. The summed E-state index contributed by atoms with van der Waals surface area (Å²) in [6.45, 7) is 3.93. The maximum absolute atomic E-state index is 10.9. The van der Waals surface area contributed by atoms with Gasteiger partial charge in [0, 0.05) is 13.1 Å². The number of carbonyl (C=O) groups excluding carboxylic acids is 1. The van der Waals surface area contributed by atoms with E-state index in [1.165, 1.54) is 0 Å². The highest BCUT2D eigenvalue weighted by Crippen LogP contribution is 2.19. The van der Waals surface area contributed by atoms with Gasteiger partial charge < -0.3 is 15.3 Å². The average molecular weight is 184 g/mol. The van der Waals surface area contributed by atoms with Crippen molar-refractivity contribution in [3.8, 4) is 0 Å². The van der Waals surface area contributed by atoms with Gasteiger partial charge in [-0.15, -0.1) is 0 Å². The van der Waals surface area contributed by atoms with Gasteiger partial charge in [0.25, 0.3) is 0 Å². The van der Waals surface area contributed by atoms with Gasteiger partial charge in [-0.3, -0.25) is 4.79 Å². The van der Waals surface area contributed by atoms with Gasteiger partial charge in [-0.2, -0.15) is 0 Å². The summed E-state index contributed by atoms with van der Waals surface area (Å²) >= 11 is 0. The fraction of sp³-hybridized carbons (Fsp3) is 0.500. The smallest absolute Gasteiger partial charge is 0.332 e. The van der Waals surface area contributed by atoms with E-state index in [0.717, 1.165) is 6.08 Å². The Kier molecular flexibility index (Phi) is 2.38. The van der Waals surface area contributed by atoms with Crippen molar-refractivity contribution in [2.24, 2.45) is 0 Å². The van der Waals surface area contributed by atoms with E-state index in [9.17, 15) is 9.59 Å². The summed E-state index contributed by atoms with van der Waals surface area (Å²) in [5.41, 5.74) is -1.11. The van der Waals surface area contributed by atoms with Crippen LogP contribution in [0.25, 0.3) is 0 Å². The summed E-state index contributed by atoms with van der Waals surface area (Å²) < 4.78 is 0. The van der Waals surface area contributed by atoms with Gasteiger partial charge in [0.1, 0.15) is 0 Å². The molecule has 1 aliphatic heterocycles. The Morgan fingerprint density at radius 1 is 1.62 bits per heavy atom. The Balaban J connectivity index is 2.65. The van der Waals surface area contributed by atoms with Crippen LogP contribution < -0.4 is 5.32 Å². The predicted octanol–water partition coefficient (Wildman–Crippen LogP) is -0.943. The van der Waals surface area contributed by atoms with Crippen molar-refractivity contribution < 1.29 is 14.7 Å². The first-order chi connectivity index (χ1) is 6.00. The van der Waals surface area contributed by atoms with Gasteiger partial charge in [-0.05, 0) is 13.1 Å². The van der Waals surface area contributed by atoms with E-state index in [1.54, 1.807) is 7.05 Å². The number of amides is 1. The zero-order valence-electron chi connectivity index (χ0n) is 7.41. The van der Waals surface area contributed by atoms with Crippen LogP contribution in [-0.4, -0.2) is 47.6 Å². The molecule has 5 nitrogen and oxygen atoms in total. The highest BCUT2D eigenvalue weighted by molar-refractivity contribution is 5.93. The van der Waals surface area contributed by atoms with Crippen molar-refractivity contribution in [2.75, 3.05) is 20.1 Å². The van der Waals surface area contributed by atoms with Crippen molar-refractivity contribution in [3.05, 3.63) is 12.7 Å². The molecule has 1 fully saturated rings. The van der Waals surface area contributed by atoms with Crippen LogP contribution >= 0.6 is 0 Å². The Morgan fingerprint density at radius 3 is 2.46 bits per heavy atom. The number of likely N-dealkylation sites (tertiary alicyclic amines) is 1. The quantitative estimate of drug-likeness (QED) is 0.555.